The molecule has 0 radical (unpaired) electrons. The molecule has 2 amide bonds. The third-order valence-corrected chi connectivity index (χ3v) is 1.63. The second kappa shape index (κ2) is 3.87. The molecular weight excluding hydrogens is 184 g/mol. The van der Waals surface area contributed by atoms with Crippen LogP contribution in [0.25, 0.3) is 0 Å². The van der Waals surface area contributed by atoms with Gasteiger partial charge in [-0.25, -0.2) is 4.79 Å². The zero-order valence-corrected chi connectivity index (χ0v) is 7.98. The van der Waals surface area contributed by atoms with E-state index in [0.717, 1.165) is 0 Å². The molecular formula is C9H12N2O3. The van der Waals surface area contributed by atoms with E-state index >= 15 is 0 Å². The van der Waals surface area contributed by atoms with Gasteiger partial charge in [0, 0.05) is 25.8 Å². The number of carbonyl (C=O) groups is 1. The summed E-state index contributed by atoms with van der Waals surface area (Å²) in [6.07, 6.45) is 0. The van der Waals surface area contributed by atoms with Crippen molar-refractivity contribution in [3.63, 3.8) is 0 Å². The largest absolute Gasteiger partial charge is 0.504 e. The van der Waals surface area contributed by atoms with Gasteiger partial charge >= 0.3 is 6.03 Å². The Hall–Kier alpha value is -1.91. The summed E-state index contributed by atoms with van der Waals surface area (Å²) in [5.41, 5.74) is 0.430. The van der Waals surface area contributed by atoms with Gasteiger partial charge in [0.1, 0.15) is 0 Å². The first kappa shape index (κ1) is 10.2. The molecule has 0 aliphatic rings. The zero-order chi connectivity index (χ0) is 10.7. The second-order valence-electron chi connectivity index (χ2n) is 3.03. The monoisotopic (exact) mass is 196 g/mol. The van der Waals surface area contributed by atoms with Crippen molar-refractivity contribution in [2.75, 3.05) is 19.4 Å². The highest BCUT2D eigenvalue weighted by molar-refractivity contribution is 5.89. The molecule has 0 heterocycles. The normalized spacial score (nSPS) is 9.57. The number of benzene rings is 1. The Kier molecular flexibility index (Phi) is 2.81. The van der Waals surface area contributed by atoms with Gasteiger partial charge < -0.3 is 20.4 Å². The molecule has 0 saturated heterocycles. The third-order valence-electron chi connectivity index (χ3n) is 1.63. The molecule has 0 aliphatic carbocycles. The smallest absolute Gasteiger partial charge is 0.321 e. The first-order chi connectivity index (χ1) is 6.50. The fraction of sp³-hybridized carbons (Fsp3) is 0.222. The molecule has 1 aromatic rings. The molecule has 1 aromatic carbocycles. The third kappa shape index (κ3) is 2.29. The van der Waals surface area contributed by atoms with Gasteiger partial charge in [-0.2, -0.15) is 0 Å². The lowest BCUT2D eigenvalue weighted by atomic mass is 10.3. The summed E-state index contributed by atoms with van der Waals surface area (Å²) in [6, 6.07) is 3.78. The highest BCUT2D eigenvalue weighted by atomic mass is 16.3. The molecule has 0 aromatic heterocycles. The number of nitrogens with zero attached hydrogens (tertiary/aromatic N) is 1. The maximum atomic E-state index is 11.2. The minimum absolute atomic E-state index is 0.215. The van der Waals surface area contributed by atoms with E-state index in [1.54, 1.807) is 14.1 Å². The van der Waals surface area contributed by atoms with E-state index in [1.807, 2.05) is 0 Å². The van der Waals surface area contributed by atoms with Crippen LogP contribution in [0.5, 0.6) is 11.5 Å². The molecule has 1 rings (SSSR count). The number of phenols is 2. The Bertz CT molecular complexity index is 350. The molecule has 0 aliphatic heterocycles. The standard InChI is InChI=1S/C9H12N2O3/c1-11(2)9(14)10-6-3-4-7(12)8(13)5-6/h3-5,12-13H,1-2H3,(H,10,14). The van der Waals surface area contributed by atoms with Crippen LogP contribution in [0.2, 0.25) is 0 Å². The SMILES string of the molecule is CN(C)C(=O)Nc1ccc(O)c(O)c1. The van der Waals surface area contributed by atoms with Crippen molar-refractivity contribution in [3.8, 4) is 11.5 Å². The number of nitrogens with one attached hydrogen (secondary N) is 1. The summed E-state index contributed by atoms with van der Waals surface area (Å²) in [4.78, 5) is 12.5. The van der Waals surface area contributed by atoms with Crippen LogP contribution in [0.4, 0.5) is 10.5 Å². The average molecular weight is 196 g/mol. The Labute approximate surface area is 81.6 Å². The van der Waals surface area contributed by atoms with E-state index in [4.69, 9.17) is 10.2 Å². The van der Waals surface area contributed by atoms with Crippen molar-refractivity contribution in [1.82, 2.24) is 4.90 Å². The first-order valence-electron chi connectivity index (χ1n) is 4.01. The van der Waals surface area contributed by atoms with Crippen LogP contribution >= 0.6 is 0 Å². The molecule has 0 atom stereocenters. The average Bonchev–Trinajstić information content (AvgIpc) is 2.11. The van der Waals surface area contributed by atoms with Crippen LogP contribution in [0, 0.1) is 0 Å². The lowest BCUT2D eigenvalue weighted by Gasteiger charge is -2.12. The van der Waals surface area contributed by atoms with Crippen molar-refractivity contribution in [2.24, 2.45) is 0 Å². The van der Waals surface area contributed by atoms with Gasteiger partial charge in [-0.3, -0.25) is 0 Å². The zero-order valence-electron chi connectivity index (χ0n) is 7.98. The predicted octanol–water partition coefficient (Wildman–Crippen LogP) is 1.19. The van der Waals surface area contributed by atoms with Crippen molar-refractivity contribution < 1.29 is 15.0 Å². The summed E-state index contributed by atoms with van der Waals surface area (Å²) in [5, 5.41) is 20.7. The fourth-order valence-electron chi connectivity index (χ4n) is 0.836. The van der Waals surface area contributed by atoms with Crippen LogP contribution in [-0.2, 0) is 0 Å². The molecule has 0 saturated carbocycles. The van der Waals surface area contributed by atoms with Gasteiger partial charge in [0.15, 0.2) is 11.5 Å². The summed E-state index contributed by atoms with van der Waals surface area (Å²) in [6.45, 7) is 0. The van der Waals surface area contributed by atoms with Crippen LogP contribution in [0.3, 0.4) is 0 Å². The van der Waals surface area contributed by atoms with Gasteiger partial charge in [-0.15, -0.1) is 0 Å². The quantitative estimate of drug-likeness (QED) is 0.466. The van der Waals surface area contributed by atoms with Gasteiger partial charge in [0.25, 0.3) is 0 Å². The van der Waals surface area contributed by atoms with Gasteiger partial charge in [-0.1, -0.05) is 0 Å². The van der Waals surface area contributed by atoms with Gasteiger partial charge in [0.05, 0.1) is 0 Å². The number of amides is 2. The summed E-state index contributed by atoms with van der Waals surface area (Å²) in [5.74, 6) is -0.477. The van der Waals surface area contributed by atoms with E-state index < -0.39 is 0 Å². The van der Waals surface area contributed by atoms with E-state index in [1.165, 1.54) is 23.1 Å². The van der Waals surface area contributed by atoms with Crippen molar-refractivity contribution in [1.29, 1.82) is 0 Å². The van der Waals surface area contributed by atoms with E-state index in [9.17, 15) is 4.79 Å². The van der Waals surface area contributed by atoms with Crippen molar-refractivity contribution in [2.45, 2.75) is 0 Å². The van der Waals surface area contributed by atoms with Crippen molar-refractivity contribution >= 4 is 11.7 Å². The van der Waals surface area contributed by atoms with E-state index in [-0.39, 0.29) is 17.5 Å². The number of rotatable bonds is 1. The van der Waals surface area contributed by atoms with Crippen molar-refractivity contribution in [3.05, 3.63) is 18.2 Å². The number of phenolic OH excluding ortho intramolecular Hbond substituents is 2. The number of aromatic hydroxyl groups is 2. The molecule has 14 heavy (non-hydrogen) atoms. The lowest BCUT2D eigenvalue weighted by Crippen LogP contribution is -2.27. The minimum Gasteiger partial charge on any atom is -0.504 e. The Morgan fingerprint density at radius 3 is 2.43 bits per heavy atom. The number of hydrogen-bond acceptors (Lipinski definition) is 3. The summed E-state index contributed by atoms with van der Waals surface area (Å²) in [7, 11) is 3.21. The highest BCUT2D eigenvalue weighted by Gasteiger charge is 2.05. The molecule has 5 nitrogen and oxygen atoms in total. The van der Waals surface area contributed by atoms with Gasteiger partial charge in [0.2, 0.25) is 0 Å². The topological polar surface area (TPSA) is 72.8 Å². The molecule has 5 heteroatoms. The van der Waals surface area contributed by atoms with E-state index in [0.29, 0.717) is 5.69 Å². The lowest BCUT2D eigenvalue weighted by molar-refractivity contribution is 0.230. The molecule has 3 N–H and O–H groups in total. The minimum atomic E-state index is -0.296. The fourth-order valence-corrected chi connectivity index (χ4v) is 0.836. The predicted molar refractivity (Wildman–Crippen MR) is 52.5 cm³/mol. The van der Waals surface area contributed by atoms with Crippen LogP contribution in [-0.4, -0.2) is 35.2 Å². The highest BCUT2D eigenvalue weighted by Crippen LogP contribution is 2.27. The molecule has 0 unspecified atom stereocenters. The Morgan fingerprint density at radius 1 is 1.29 bits per heavy atom. The van der Waals surface area contributed by atoms with Crippen LogP contribution in [0.15, 0.2) is 18.2 Å². The summed E-state index contributed by atoms with van der Waals surface area (Å²) < 4.78 is 0. The number of urea groups is 1. The summed E-state index contributed by atoms with van der Waals surface area (Å²) >= 11 is 0. The molecule has 0 bridgehead atoms. The van der Waals surface area contributed by atoms with E-state index in [2.05, 4.69) is 5.32 Å². The maximum Gasteiger partial charge on any atom is 0.321 e. The Morgan fingerprint density at radius 2 is 1.93 bits per heavy atom. The number of anilines is 1. The second-order valence-corrected chi connectivity index (χ2v) is 3.03. The number of carbonyl (C=O) groups excluding carboxylic acids is 1. The first-order valence-corrected chi connectivity index (χ1v) is 4.01. The Balaban J connectivity index is 2.78. The van der Waals surface area contributed by atoms with Gasteiger partial charge in [-0.05, 0) is 12.1 Å². The van der Waals surface area contributed by atoms with Crippen LogP contribution in [0.1, 0.15) is 0 Å². The molecule has 0 spiro atoms. The molecule has 76 valence electrons. The maximum absolute atomic E-state index is 11.2. The van der Waals surface area contributed by atoms with Crippen LogP contribution < -0.4 is 5.32 Å². The molecule has 0 fully saturated rings. The number of hydrogen-bond donors (Lipinski definition) is 3.